The highest BCUT2D eigenvalue weighted by Crippen LogP contribution is 2.49. The molecule has 4 rings (SSSR count). The van der Waals surface area contributed by atoms with Crippen LogP contribution in [0, 0.1) is 0 Å². The van der Waals surface area contributed by atoms with Gasteiger partial charge in [0.05, 0.1) is 5.54 Å². The fourth-order valence-electron chi connectivity index (χ4n) is 4.30. The molecule has 0 atom stereocenters. The highest BCUT2D eigenvalue weighted by atomic mass is 15.2. The van der Waals surface area contributed by atoms with Crippen molar-refractivity contribution >= 4 is 28.0 Å². The third-order valence-corrected chi connectivity index (χ3v) is 6.34. The predicted molar refractivity (Wildman–Crippen MR) is 138 cm³/mol. The number of nitrogens with zero attached hydrogens (tertiary/aromatic N) is 2. The summed E-state index contributed by atoms with van der Waals surface area (Å²) < 4.78 is 0. The van der Waals surface area contributed by atoms with Crippen molar-refractivity contribution in [2.45, 2.75) is 45.1 Å². The molecule has 1 fully saturated rings. The van der Waals surface area contributed by atoms with E-state index >= 15 is 0 Å². The maximum absolute atomic E-state index is 6.13. The number of fused-ring (bicyclic) bond motifs is 1. The molecule has 1 aliphatic carbocycles. The number of anilines is 2. The number of allylic oxidation sites excluding steroid dienone is 1. The first kappa shape index (κ1) is 21.9. The minimum absolute atomic E-state index is 0.0123. The third-order valence-electron chi connectivity index (χ3n) is 6.34. The Bertz CT molecular complexity index is 1130. The van der Waals surface area contributed by atoms with E-state index in [9.17, 15) is 0 Å². The van der Waals surface area contributed by atoms with Crippen molar-refractivity contribution in [3.05, 3.63) is 84.6 Å². The Morgan fingerprint density at radius 1 is 1.12 bits per heavy atom. The SMILES string of the molecule is C=CCCN(CCC)c1cc(C2(Nc3ccc4ccc(/C(N)=C/C)cc4c3)CC2)ccn1. The van der Waals surface area contributed by atoms with Gasteiger partial charge in [-0.05, 0) is 84.8 Å². The highest BCUT2D eigenvalue weighted by molar-refractivity contribution is 5.88. The molecule has 0 bridgehead atoms. The molecule has 4 nitrogen and oxygen atoms in total. The summed E-state index contributed by atoms with van der Waals surface area (Å²) in [5.41, 5.74) is 10.4. The van der Waals surface area contributed by atoms with Crippen LogP contribution in [-0.2, 0) is 5.54 Å². The zero-order valence-electron chi connectivity index (χ0n) is 19.3. The Hall–Kier alpha value is -3.27. The van der Waals surface area contributed by atoms with Gasteiger partial charge in [-0.2, -0.15) is 0 Å². The number of hydrogen-bond donors (Lipinski definition) is 2. The lowest BCUT2D eigenvalue weighted by Gasteiger charge is -2.25. The fraction of sp³-hybridized carbons (Fsp3) is 0.321. The zero-order valence-corrected chi connectivity index (χ0v) is 19.3. The monoisotopic (exact) mass is 426 g/mol. The quantitative estimate of drug-likeness (QED) is 0.366. The summed E-state index contributed by atoms with van der Waals surface area (Å²) in [6.45, 7) is 10.0. The molecule has 1 aromatic heterocycles. The largest absolute Gasteiger partial charge is 0.399 e. The molecule has 0 saturated heterocycles. The van der Waals surface area contributed by atoms with Crippen molar-refractivity contribution in [3.8, 4) is 0 Å². The second-order valence-corrected chi connectivity index (χ2v) is 8.69. The summed E-state index contributed by atoms with van der Waals surface area (Å²) in [5, 5.41) is 6.25. The first-order valence-electron chi connectivity index (χ1n) is 11.6. The number of rotatable bonds is 10. The molecule has 3 N–H and O–H groups in total. The van der Waals surface area contributed by atoms with Gasteiger partial charge in [-0.15, -0.1) is 6.58 Å². The average molecular weight is 427 g/mol. The molecule has 166 valence electrons. The van der Waals surface area contributed by atoms with Gasteiger partial charge < -0.3 is 16.0 Å². The lowest BCUT2D eigenvalue weighted by atomic mass is 10.0. The minimum atomic E-state index is -0.0123. The standard InChI is InChI=1S/C28H34N4/c1-4-7-17-32(16-5-2)27-20-24(12-15-30-27)28(13-14-28)31-25-11-10-21-8-9-22(26(29)6-3)18-23(21)19-25/h4,6,8-12,15,18-20,31H,1,5,7,13-14,16-17,29H2,2-3H3/b26-6-. The molecule has 4 heteroatoms. The molecule has 0 aliphatic heterocycles. The van der Waals surface area contributed by atoms with Crippen LogP contribution in [0.1, 0.15) is 50.7 Å². The van der Waals surface area contributed by atoms with E-state index in [2.05, 4.69) is 77.2 Å². The first-order valence-corrected chi connectivity index (χ1v) is 11.6. The van der Waals surface area contributed by atoms with Crippen LogP contribution in [0.3, 0.4) is 0 Å². The zero-order chi connectivity index (χ0) is 22.6. The van der Waals surface area contributed by atoms with Gasteiger partial charge in [-0.3, -0.25) is 0 Å². The van der Waals surface area contributed by atoms with Crippen LogP contribution in [-0.4, -0.2) is 18.1 Å². The van der Waals surface area contributed by atoms with E-state index in [4.69, 9.17) is 5.73 Å². The van der Waals surface area contributed by atoms with Crippen LogP contribution >= 0.6 is 0 Å². The van der Waals surface area contributed by atoms with Crippen LogP contribution in [0.15, 0.2) is 73.5 Å². The summed E-state index contributed by atoms with van der Waals surface area (Å²) in [4.78, 5) is 7.05. The number of aromatic nitrogens is 1. The Balaban J connectivity index is 1.59. The Morgan fingerprint density at radius 2 is 1.94 bits per heavy atom. The van der Waals surface area contributed by atoms with Crippen molar-refractivity contribution < 1.29 is 0 Å². The van der Waals surface area contributed by atoms with Crippen LogP contribution in [0.5, 0.6) is 0 Å². The Morgan fingerprint density at radius 3 is 2.66 bits per heavy atom. The second-order valence-electron chi connectivity index (χ2n) is 8.69. The van der Waals surface area contributed by atoms with Crippen molar-refractivity contribution in [2.24, 2.45) is 5.73 Å². The molecule has 0 amide bonds. The molecule has 0 spiro atoms. The van der Waals surface area contributed by atoms with Crippen LogP contribution in [0.4, 0.5) is 11.5 Å². The van der Waals surface area contributed by atoms with Gasteiger partial charge in [-0.1, -0.05) is 37.3 Å². The van der Waals surface area contributed by atoms with Crippen molar-refractivity contribution in [1.29, 1.82) is 0 Å². The van der Waals surface area contributed by atoms with Gasteiger partial charge in [0.25, 0.3) is 0 Å². The van der Waals surface area contributed by atoms with Gasteiger partial charge in [0, 0.05) is 30.7 Å². The van der Waals surface area contributed by atoms with E-state index in [-0.39, 0.29) is 5.54 Å². The molecule has 1 heterocycles. The second kappa shape index (κ2) is 9.47. The van der Waals surface area contributed by atoms with Gasteiger partial charge in [0.2, 0.25) is 0 Å². The predicted octanol–water partition coefficient (Wildman–Crippen LogP) is 6.45. The Kier molecular flexibility index (Phi) is 6.50. The maximum Gasteiger partial charge on any atom is 0.128 e. The van der Waals surface area contributed by atoms with Crippen molar-refractivity contribution in [1.82, 2.24) is 4.98 Å². The fourth-order valence-corrected chi connectivity index (χ4v) is 4.30. The molecule has 0 unspecified atom stereocenters. The van der Waals surface area contributed by atoms with Crippen molar-refractivity contribution in [2.75, 3.05) is 23.3 Å². The summed E-state index contributed by atoms with van der Waals surface area (Å²) in [6, 6.07) is 17.4. The molecule has 1 saturated carbocycles. The van der Waals surface area contributed by atoms with E-state index in [0.29, 0.717) is 0 Å². The highest BCUT2D eigenvalue weighted by Gasteiger charge is 2.44. The maximum atomic E-state index is 6.13. The van der Waals surface area contributed by atoms with E-state index in [1.807, 2.05) is 25.3 Å². The summed E-state index contributed by atoms with van der Waals surface area (Å²) in [6.07, 6.45) is 10.2. The van der Waals surface area contributed by atoms with Crippen molar-refractivity contribution in [3.63, 3.8) is 0 Å². The van der Waals surface area contributed by atoms with Crippen LogP contribution < -0.4 is 16.0 Å². The lowest BCUT2D eigenvalue weighted by molar-refractivity contribution is 0.746. The molecule has 0 radical (unpaired) electrons. The molecule has 1 aliphatic rings. The number of hydrogen-bond acceptors (Lipinski definition) is 4. The normalized spacial score (nSPS) is 14.9. The van der Waals surface area contributed by atoms with E-state index in [0.717, 1.165) is 61.5 Å². The van der Waals surface area contributed by atoms with Crippen LogP contribution in [0.2, 0.25) is 0 Å². The molecule has 32 heavy (non-hydrogen) atoms. The number of pyridine rings is 1. The third kappa shape index (κ3) is 4.64. The minimum Gasteiger partial charge on any atom is -0.399 e. The number of nitrogens with two attached hydrogens (primary N) is 1. The first-order chi connectivity index (χ1) is 15.6. The Labute approximate surface area is 191 Å². The molecule has 3 aromatic rings. The molecular formula is C28H34N4. The topological polar surface area (TPSA) is 54.2 Å². The van der Waals surface area contributed by atoms with Crippen LogP contribution in [0.25, 0.3) is 16.5 Å². The summed E-state index contributed by atoms with van der Waals surface area (Å²) >= 11 is 0. The van der Waals surface area contributed by atoms with Gasteiger partial charge in [-0.25, -0.2) is 4.98 Å². The molecular weight excluding hydrogens is 392 g/mol. The summed E-state index contributed by atoms with van der Waals surface area (Å²) in [7, 11) is 0. The van der Waals surface area contributed by atoms with Gasteiger partial charge in [0.15, 0.2) is 0 Å². The summed E-state index contributed by atoms with van der Waals surface area (Å²) in [5.74, 6) is 1.06. The smallest absolute Gasteiger partial charge is 0.128 e. The molecule has 2 aromatic carbocycles. The van der Waals surface area contributed by atoms with Gasteiger partial charge >= 0.3 is 0 Å². The average Bonchev–Trinajstić information content (AvgIpc) is 3.61. The lowest BCUT2D eigenvalue weighted by Crippen LogP contribution is -2.27. The van der Waals surface area contributed by atoms with Gasteiger partial charge in [0.1, 0.15) is 5.82 Å². The van der Waals surface area contributed by atoms with E-state index in [1.165, 1.54) is 16.3 Å². The van der Waals surface area contributed by atoms with E-state index < -0.39 is 0 Å². The van der Waals surface area contributed by atoms with E-state index in [1.54, 1.807) is 0 Å². The number of benzene rings is 2. The number of nitrogens with one attached hydrogen (secondary N) is 1.